The van der Waals surface area contributed by atoms with E-state index in [0.29, 0.717) is 19.1 Å². The molecule has 2 aromatic rings. The third kappa shape index (κ3) is 2.55. The Morgan fingerprint density at radius 2 is 1.83 bits per heavy atom. The summed E-state index contributed by atoms with van der Waals surface area (Å²) in [6, 6.07) is 12.3. The van der Waals surface area contributed by atoms with Crippen LogP contribution in [0.4, 0.5) is 0 Å². The van der Waals surface area contributed by atoms with E-state index in [1.807, 2.05) is 0 Å². The Balaban J connectivity index is 1.41. The van der Waals surface area contributed by atoms with Crippen molar-refractivity contribution >= 4 is 5.91 Å². The summed E-state index contributed by atoms with van der Waals surface area (Å²) in [6.45, 7) is 3.41. The second-order valence-electron chi connectivity index (χ2n) is 6.69. The van der Waals surface area contributed by atoms with Crippen molar-refractivity contribution in [3.63, 3.8) is 0 Å². The summed E-state index contributed by atoms with van der Waals surface area (Å²) in [5.41, 5.74) is 2.87. The van der Waals surface area contributed by atoms with E-state index in [0.717, 1.165) is 19.5 Å². The van der Waals surface area contributed by atoms with E-state index in [2.05, 4.69) is 29.2 Å². The Morgan fingerprint density at radius 1 is 1.08 bits per heavy atom. The minimum atomic E-state index is -0.224. The van der Waals surface area contributed by atoms with Crippen molar-refractivity contribution in [2.24, 2.45) is 7.05 Å². The van der Waals surface area contributed by atoms with E-state index >= 15 is 0 Å². The van der Waals surface area contributed by atoms with Crippen LogP contribution < -0.4 is 5.56 Å². The van der Waals surface area contributed by atoms with Crippen LogP contribution >= 0.6 is 0 Å². The summed E-state index contributed by atoms with van der Waals surface area (Å²) in [6.07, 6.45) is 2.74. The number of benzene rings is 1. The summed E-state index contributed by atoms with van der Waals surface area (Å²) >= 11 is 0. The molecule has 2 aliphatic rings. The largest absolute Gasteiger partial charge is 0.335 e. The van der Waals surface area contributed by atoms with Crippen LogP contribution in [0.5, 0.6) is 0 Å². The Hall–Kier alpha value is -2.40. The molecule has 0 atom stereocenters. The van der Waals surface area contributed by atoms with Gasteiger partial charge in [0.05, 0.1) is 0 Å². The highest BCUT2D eigenvalue weighted by Gasteiger charge is 2.36. The summed E-state index contributed by atoms with van der Waals surface area (Å²) < 4.78 is 1.45. The van der Waals surface area contributed by atoms with E-state index in [-0.39, 0.29) is 17.0 Å². The maximum atomic E-state index is 12.5. The predicted molar refractivity (Wildman–Crippen MR) is 91.9 cm³/mol. The molecule has 5 nitrogen and oxygen atoms in total. The van der Waals surface area contributed by atoms with Gasteiger partial charge in [-0.25, -0.2) is 0 Å². The molecule has 0 aliphatic carbocycles. The lowest BCUT2D eigenvalue weighted by Crippen LogP contribution is -2.62. The fourth-order valence-electron chi connectivity index (χ4n) is 3.61. The molecule has 3 heterocycles. The fourth-order valence-corrected chi connectivity index (χ4v) is 3.61. The van der Waals surface area contributed by atoms with Gasteiger partial charge in [0.1, 0.15) is 5.56 Å². The van der Waals surface area contributed by atoms with Gasteiger partial charge in [0.15, 0.2) is 0 Å². The van der Waals surface area contributed by atoms with Crippen molar-refractivity contribution in [3.8, 4) is 0 Å². The molecule has 2 aliphatic heterocycles. The number of hydrogen-bond donors (Lipinski definition) is 0. The van der Waals surface area contributed by atoms with Gasteiger partial charge in [-0.1, -0.05) is 24.3 Å². The number of likely N-dealkylation sites (tertiary alicyclic amines) is 1. The van der Waals surface area contributed by atoms with Gasteiger partial charge in [0, 0.05) is 45.5 Å². The Bertz CT molecular complexity index is 837. The monoisotopic (exact) mass is 323 g/mol. The molecule has 0 bridgehead atoms. The van der Waals surface area contributed by atoms with E-state index in [9.17, 15) is 9.59 Å². The fraction of sp³-hybridized carbons (Fsp3) is 0.368. The topological polar surface area (TPSA) is 45.6 Å². The SMILES string of the molecule is Cn1cccc(C(=O)N2CC(N3CCc4ccccc4C3)C2)c1=O. The van der Waals surface area contributed by atoms with Crippen LogP contribution in [-0.2, 0) is 20.0 Å². The van der Waals surface area contributed by atoms with E-state index in [1.54, 1.807) is 30.3 Å². The number of rotatable bonds is 2. The minimum Gasteiger partial charge on any atom is -0.335 e. The van der Waals surface area contributed by atoms with Crippen molar-refractivity contribution in [2.75, 3.05) is 19.6 Å². The zero-order valence-electron chi connectivity index (χ0n) is 13.8. The molecule has 0 saturated carbocycles. The highest BCUT2D eigenvalue weighted by atomic mass is 16.2. The van der Waals surface area contributed by atoms with Crippen LogP contribution in [0.15, 0.2) is 47.4 Å². The predicted octanol–water partition coefficient (Wildman–Crippen LogP) is 1.27. The molecule has 0 spiro atoms. The zero-order valence-corrected chi connectivity index (χ0v) is 13.8. The minimum absolute atomic E-state index is 0.148. The molecule has 124 valence electrons. The molecule has 0 N–H and O–H groups in total. The van der Waals surface area contributed by atoms with Crippen LogP contribution in [0.25, 0.3) is 0 Å². The maximum Gasteiger partial charge on any atom is 0.263 e. The average molecular weight is 323 g/mol. The first-order valence-corrected chi connectivity index (χ1v) is 8.39. The lowest BCUT2D eigenvalue weighted by Gasteiger charge is -2.46. The zero-order chi connectivity index (χ0) is 16.7. The molecule has 24 heavy (non-hydrogen) atoms. The Morgan fingerprint density at radius 3 is 2.62 bits per heavy atom. The van der Waals surface area contributed by atoms with E-state index in [1.165, 1.54) is 15.7 Å². The highest BCUT2D eigenvalue weighted by molar-refractivity contribution is 5.94. The Kier molecular flexibility index (Phi) is 3.73. The second-order valence-corrected chi connectivity index (χ2v) is 6.69. The van der Waals surface area contributed by atoms with Crippen LogP contribution in [0.1, 0.15) is 21.5 Å². The summed E-state index contributed by atoms with van der Waals surface area (Å²) in [5.74, 6) is -0.148. The van der Waals surface area contributed by atoms with Gasteiger partial charge in [0.25, 0.3) is 11.5 Å². The lowest BCUT2D eigenvalue weighted by molar-refractivity contribution is 0.0217. The number of carbonyl (C=O) groups is 1. The molecular formula is C19H21N3O2. The van der Waals surface area contributed by atoms with Crippen molar-refractivity contribution in [3.05, 3.63) is 69.6 Å². The van der Waals surface area contributed by atoms with Crippen LogP contribution in [0, 0.1) is 0 Å². The van der Waals surface area contributed by atoms with Gasteiger partial charge in [-0.3, -0.25) is 14.5 Å². The van der Waals surface area contributed by atoms with Gasteiger partial charge in [-0.2, -0.15) is 0 Å². The van der Waals surface area contributed by atoms with E-state index in [4.69, 9.17) is 0 Å². The smallest absolute Gasteiger partial charge is 0.263 e. The number of hydrogen-bond acceptors (Lipinski definition) is 3. The molecular weight excluding hydrogens is 302 g/mol. The summed E-state index contributed by atoms with van der Waals surface area (Å²) in [7, 11) is 1.67. The van der Waals surface area contributed by atoms with E-state index < -0.39 is 0 Å². The number of carbonyl (C=O) groups excluding carboxylic acids is 1. The Labute approximate surface area is 141 Å². The standard InChI is InChI=1S/C19H21N3O2/c1-20-9-4-7-17(18(20)23)19(24)22-12-16(13-22)21-10-8-14-5-2-3-6-15(14)11-21/h2-7,9,16H,8,10-13H2,1H3. The highest BCUT2D eigenvalue weighted by Crippen LogP contribution is 2.24. The maximum absolute atomic E-state index is 12.5. The average Bonchev–Trinajstić information content (AvgIpc) is 2.56. The molecule has 1 aromatic carbocycles. The second kappa shape index (κ2) is 5.91. The molecule has 1 amide bonds. The van der Waals surface area contributed by atoms with Crippen LogP contribution in [0.2, 0.25) is 0 Å². The molecule has 1 fully saturated rings. The summed E-state index contributed by atoms with van der Waals surface area (Å²) in [5, 5.41) is 0. The number of aryl methyl sites for hydroxylation is 1. The number of amides is 1. The first kappa shape index (κ1) is 15.1. The van der Waals surface area contributed by atoms with Crippen LogP contribution in [0.3, 0.4) is 0 Å². The van der Waals surface area contributed by atoms with Crippen molar-refractivity contribution in [2.45, 2.75) is 19.0 Å². The normalized spacial score (nSPS) is 18.1. The quantitative estimate of drug-likeness (QED) is 0.836. The van der Waals surface area contributed by atoms with Gasteiger partial charge in [-0.05, 0) is 29.7 Å². The first-order chi connectivity index (χ1) is 11.6. The van der Waals surface area contributed by atoms with Gasteiger partial charge in [-0.15, -0.1) is 0 Å². The third-order valence-corrected chi connectivity index (χ3v) is 5.18. The molecule has 0 unspecified atom stereocenters. The molecule has 4 rings (SSSR count). The van der Waals surface area contributed by atoms with Crippen molar-refractivity contribution in [1.82, 2.24) is 14.4 Å². The molecule has 1 aromatic heterocycles. The van der Waals surface area contributed by atoms with Crippen molar-refractivity contribution < 1.29 is 4.79 Å². The van der Waals surface area contributed by atoms with Crippen LogP contribution in [-0.4, -0.2) is 46.0 Å². The summed E-state index contributed by atoms with van der Waals surface area (Å²) in [4.78, 5) is 28.8. The van der Waals surface area contributed by atoms with Crippen molar-refractivity contribution in [1.29, 1.82) is 0 Å². The molecule has 0 radical (unpaired) electrons. The number of fused-ring (bicyclic) bond motifs is 1. The molecule has 1 saturated heterocycles. The number of aromatic nitrogens is 1. The first-order valence-electron chi connectivity index (χ1n) is 8.39. The molecule has 5 heteroatoms. The van der Waals surface area contributed by atoms with Gasteiger partial charge in [0.2, 0.25) is 0 Å². The number of pyridine rings is 1. The number of nitrogens with zero attached hydrogens (tertiary/aromatic N) is 3. The third-order valence-electron chi connectivity index (χ3n) is 5.18. The van der Waals surface area contributed by atoms with Gasteiger partial charge >= 0.3 is 0 Å². The van der Waals surface area contributed by atoms with Gasteiger partial charge < -0.3 is 9.47 Å². The lowest BCUT2D eigenvalue weighted by atomic mass is 9.96.